The van der Waals surface area contributed by atoms with Gasteiger partial charge in [0.1, 0.15) is 18.0 Å². The third kappa shape index (κ3) is 2.84. The van der Waals surface area contributed by atoms with E-state index in [4.69, 9.17) is 14.0 Å². The van der Waals surface area contributed by atoms with Crippen molar-refractivity contribution in [3.8, 4) is 6.01 Å². The number of nitrogens with zero attached hydrogens (tertiary/aromatic N) is 4. The molecule has 0 saturated carbocycles. The van der Waals surface area contributed by atoms with Crippen molar-refractivity contribution < 1.29 is 18.8 Å². The van der Waals surface area contributed by atoms with Crippen LogP contribution in [-0.4, -0.2) is 57.3 Å². The highest BCUT2D eigenvalue weighted by Gasteiger charge is 2.50. The highest BCUT2D eigenvalue weighted by Crippen LogP contribution is 2.36. The Bertz CT molecular complexity index is 727. The van der Waals surface area contributed by atoms with Crippen molar-refractivity contribution in [3.05, 3.63) is 36.0 Å². The van der Waals surface area contributed by atoms with Crippen molar-refractivity contribution in [2.75, 3.05) is 19.7 Å². The minimum absolute atomic E-state index is 0.00612. The van der Waals surface area contributed by atoms with Gasteiger partial charge < -0.3 is 18.9 Å². The van der Waals surface area contributed by atoms with E-state index in [0.29, 0.717) is 31.3 Å². The lowest BCUT2D eigenvalue weighted by molar-refractivity contribution is -0.174. The molecule has 0 aromatic carbocycles. The maximum atomic E-state index is 12.2. The van der Waals surface area contributed by atoms with Gasteiger partial charge in [0, 0.05) is 24.7 Å². The van der Waals surface area contributed by atoms with Gasteiger partial charge in [0.25, 0.3) is 5.91 Å². The summed E-state index contributed by atoms with van der Waals surface area (Å²) in [4.78, 5) is 22.4. The molecule has 4 heterocycles. The number of amides is 1. The van der Waals surface area contributed by atoms with Crippen LogP contribution in [0.2, 0.25) is 0 Å². The maximum Gasteiger partial charge on any atom is 0.316 e. The maximum absolute atomic E-state index is 12.2. The lowest BCUT2D eigenvalue weighted by atomic mass is 9.84. The zero-order chi connectivity index (χ0) is 16.6. The molecule has 1 spiro atoms. The van der Waals surface area contributed by atoms with Gasteiger partial charge >= 0.3 is 6.01 Å². The summed E-state index contributed by atoms with van der Waals surface area (Å²) >= 11 is 0. The molecular weight excluding hydrogens is 312 g/mol. The standard InChI is InChI=1S/C16H18N4O4/c1-11-2-4-17-15(19-11)24-13-3-5-22-16(6-13)9-20(10-16)14(21)12-7-18-23-8-12/h2,4,7-8,13H,3,5-6,9-10H2,1H3. The fraction of sp³-hybridized carbons (Fsp3) is 0.500. The number of carbonyl (C=O) groups excluding carboxylic acids is 1. The number of hydrogen-bond acceptors (Lipinski definition) is 7. The second-order valence-corrected chi connectivity index (χ2v) is 6.32. The Morgan fingerprint density at radius 1 is 1.46 bits per heavy atom. The monoisotopic (exact) mass is 330 g/mol. The Hall–Kier alpha value is -2.48. The topological polar surface area (TPSA) is 90.6 Å². The SMILES string of the molecule is Cc1ccnc(OC2CCOC3(C2)CN(C(=O)c2cnoc2)C3)n1. The third-order valence-electron chi connectivity index (χ3n) is 4.42. The number of carbonyl (C=O) groups is 1. The molecule has 2 fully saturated rings. The summed E-state index contributed by atoms with van der Waals surface area (Å²) in [5.74, 6) is -0.0875. The van der Waals surface area contributed by atoms with Crippen molar-refractivity contribution in [2.24, 2.45) is 0 Å². The summed E-state index contributed by atoms with van der Waals surface area (Å²) in [6, 6.07) is 2.23. The molecule has 2 aliphatic heterocycles. The van der Waals surface area contributed by atoms with E-state index in [-0.39, 0.29) is 17.6 Å². The molecule has 126 valence electrons. The van der Waals surface area contributed by atoms with Gasteiger partial charge in [-0.15, -0.1) is 0 Å². The van der Waals surface area contributed by atoms with Crippen molar-refractivity contribution >= 4 is 5.91 Å². The zero-order valence-corrected chi connectivity index (χ0v) is 13.3. The smallest absolute Gasteiger partial charge is 0.316 e. The molecule has 8 nitrogen and oxygen atoms in total. The van der Waals surface area contributed by atoms with Gasteiger partial charge in [-0.05, 0) is 13.0 Å². The van der Waals surface area contributed by atoms with Gasteiger partial charge in [-0.25, -0.2) is 9.97 Å². The van der Waals surface area contributed by atoms with E-state index in [9.17, 15) is 4.79 Å². The molecular formula is C16H18N4O4. The summed E-state index contributed by atoms with van der Waals surface area (Å²) in [6.07, 6.45) is 5.98. The van der Waals surface area contributed by atoms with Gasteiger partial charge in [0.15, 0.2) is 0 Å². The van der Waals surface area contributed by atoms with Crippen LogP contribution in [-0.2, 0) is 4.74 Å². The van der Waals surface area contributed by atoms with Crippen LogP contribution in [0.4, 0.5) is 0 Å². The summed E-state index contributed by atoms with van der Waals surface area (Å²) < 4.78 is 16.6. The predicted octanol–water partition coefficient (Wildman–Crippen LogP) is 1.23. The lowest BCUT2D eigenvalue weighted by Crippen LogP contribution is -2.67. The van der Waals surface area contributed by atoms with E-state index in [1.54, 1.807) is 11.1 Å². The molecule has 1 amide bonds. The summed E-state index contributed by atoms with van der Waals surface area (Å²) in [7, 11) is 0. The highest BCUT2D eigenvalue weighted by molar-refractivity contribution is 5.94. The van der Waals surface area contributed by atoms with Gasteiger partial charge in [0.2, 0.25) is 0 Å². The molecule has 1 unspecified atom stereocenters. The molecule has 2 aliphatic rings. The van der Waals surface area contributed by atoms with E-state index in [1.165, 1.54) is 12.5 Å². The van der Waals surface area contributed by atoms with Crippen LogP contribution in [0.1, 0.15) is 28.9 Å². The molecule has 8 heteroatoms. The molecule has 0 bridgehead atoms. The normalized spacial score (nSPS) is 22.2. The molecule has 0 N–H and O–H groups in total. The number of rotatable bonds is 3. The van der Waals surface area contributed by atoms with Crippen LogP contribution >= 0.6 is 0 Å². The predicted molar refractivity (Wildman–Crippen MR) is 81.5 cm³/mol. The molecule has 2 aromatic heterocycles. The van der Waals surface area contributed by atoms with Crippen molar-refractivity contribution in [2.45, 2.75) is 31.5 Å². The minimum atomic E-state index is -0.334. The van der Waals surface area contributed by atoms with Crippen molar-refractivity contribution in [1.82, 2.24) is 20.0 Å². The molecule has 2 saturated heterocycles. The molecule has 24 heavy (non-hydrogen) atoms. The lowest BCUT2D eigenvalue weighted by Gasteiger charge is -2.52. The van der Waals surface area contributed by atoms with E-state index in [2.05, 4.69) is 15.1 Å². The molecule has 0 aliphatic carbocycles. The number of likely N-dealkylation sites (tertiary alicyclic amines) is 1. The second kappa shape index (κ2) is 5.86. The van der Waals surface area contributed by atoms with E-state index in [1.807, 2.05) is 13.0 Å². The first kappa shape index (κ1) is 15.1. The van der Waals surface area contributed by atoms with E-state index < -0.39 is 0 Å². The zero-order valence-electron chi connectivity index (χ0n) is 13.3. The largest absolute Gasteiger partial charge is 0.460 e. The minimum Gasteiger partial charge on any atom is -0.460 e. The first-order valence-electron chi connectivity index (χ1n) is 7.92. The third-order valence-corrected chi connectivity index (χ3v) is 4.42. The first-order chi connectivity index (χ1) is 11.6. The van der Waals surface area contributed by atoms with Crippen LogP contribution in [0.15, 0.2) is 29.2 Å². The van der Waals surface area contributed by atoms with Crippen LogP contribution in [0.5, 0.6) is 6.01 Å². The quantitative estimate of drug-likeness (QED) is 0.836. The van der Waals surface area contributed by atoms with E-state index >= 15 is 0 Å². The average Bonchev–Trinajstić information content (AvgIpc) is 3.06. The molecule has 4 rings (SSSR count). The van der Waals surface area contributed by atoms with Crippen LogP contribution in [0, 0.1) is 6.92 Å². The fourth-order valence-electron chi connectivity index (χ4n) is 3.22. The number of aryl methyl sites for hydroxylation is 1. The van der Waals surface area contributed by atoms with Crippen LogP contribution in [0.3, 0.4) is 0 Å². The number of ether oxygens (including phenoxy) is 2. The van der Waals surface area contributed by atoms with Crippen LogP contribution in [0.25, 0.3) is 0 Å². The van der Waals surface area contributed by atoms with Crippen LogP contribution < -0.4 is 4.74 Å². The average molecular weight is 330 g/mol. The first-order valence-corrected chi connectivity index (χ1v) is 7.92. The summed E-state index contributed by atoms with van der Waals surface area (Å²) in [6.45, 7) is 3.60. The molecule has 0 radical (unpaired) electrons. The Labute approximate surface area is 138 Å². The Balaban J connectivity index is 1.37. The Kier molecular flexibility index (Phi) is 3.68. The van der Waals surface area contributed by atoms with Gasteiger partial charge in [0.05, 0.1) is 31.5 Å². The van der Waals surface area contributed by atoms with Crippen molar-refractivity contribution in [3.63, 3.8) is 0 Å². The second-order valence-electron chi connectivity index (χ2n) is 6.32. The molecule has 1 atom stereocenters. The van der Waals surface area contributed by atoms with Gasteiger partial charge in [-0.1, -0.05) is 5.16 Å². The Morgan fingerprint density at radius 2 is 2.33 bits per heavy atom. The van der Waals surface area contributed by atoms with Crippen molar-refractivity contribution in [1.29, 1.82) is 0 Å². The number of hydrogen-bond donors (Lipinski definition) is 0. The Morgan fingerprint density at radius 3 is 3.08 bits per heavy atom. The highest BCUT2D eigenvalue weighted by atomic mass is 16.5. The van der Waals surface area contributed by atoms with Gasteiger partial charge in [-0.2, -0.15) is 0 Å². The fourth-order valence-corrected chi connectivity index (χ4v) is 3.22. The summed E-state index contributed by atoms with van der Waals surface area (Å²) in [5.41, 5.74) is 0.997. The molecule has 2 aromatic rings. The van der Waals surface area contributed by atoms with Gasteiger partial charge in [-0.3, -0.25) is 4.79 Å². The van der Waals surface area contributed by atoms with E-state index in [0.717, 1.165) is 18.5 Å². The number of aromatic nitrogens is 3. The summed E-state index contributed by atoms with van der Waals surface area (Å²) in [5, 5.41) is 3.57.